The lowest BCUT2D eigenvalue weighted by atomic mass is 9.68. The number of likely N-dealkylation sites (tertiary alicyclic amines) is 1. The highest BCUT2D eigenvalue weighted by Crippen LogP contribution is 2.50. The number of rotatable bonds is 7. The Balaban J connectivity index is 1.98. The molecule has 1 amide bonds. The van der Waals surface area contributed by atoms with Crippen molar-refractivity contribution in [2.24, 2.45) is 5.92 Å². The number of carbonyl (C=O) groups is 3. The maximum absolute atomic E-state index is 13.5. The average molecular weight is 458 g/mol. The Kier molecular flexibility index (Phi) is 6.50. The quantitative estimate of drug-likeness (QED) is 0.301. The molecule has 1 heterocycles. The van der Waals surface area contributed by atoms with E-state index in [4.69, 9.17) is 9.47 Å². The highest BCUT2D eigenvalue weighted by molar-refractivity contribution is 6.04. The lowest BCUT2D eigenvalue weighted by molar-refractivity contribution is -0.200. The van der Waals surface area contributed by atoms with E-state index in [1.165, 1.54) is 14.0 Å². The SMILES string of the molecule is COC(=O)[C@H]1C(=O)N([C@H](C)c2ccccc2)[C@@H]1C(OC(C)=O)(c1ccccc1)c1ccccc1. The smallest absolute Gasteiger partial charge is 0.320 e. The van der Waals surface area contributed by atoms with Crippen LogP contribution in [0.15, 0.2) is 91.0 Å². The second-order valence-corrected chi connectivity index (χ2v) is 8.34. The molecule has 1 saturated heterocycles. The summed E-state index contributed by atoms with van der Waals surface area (Å²) in [5.41, 5.74) is 0.799. The van der Waals surface area contributed by atoms with Crippen molar-refractivity contribution in [3.63, 3.8) is 0 Å². The maximum Gasteiger partial charge on any atom is 0.320 e. The van der Waals surface area contributed by atoms with Gasteiger partial charge >= 0.3 is 11.9 Å². The van der Waals surface area contributed by atoms with E-state index in [2.05, 4.69) is 0 Å². The van der Waals surface area contributed by atoms with E-state index < -0.39 is 29.5 Å². The maximum atomic E-state index is 13.5. The zero-order chi connectivity index (χ0) is 24.3. The van der Waals surface area contributed by atoms with E-state index in [0.717, 1.165) is 5.56 Å². The van der Waals surface area contributed by atoms with Crippen molar-refractivity contribution in [3.8, 4) is 0 Å². The first-order valence-corrected chi connectivity index (χ1v) is 11.2. The molecular formula is C28H27NO5. The van der Waals surface area contributed by atoms with Crippen LogP contribution in [-0.2, 0) is 29.5 Å². The predicted octanol–water partition coefficient (Wildman–Crippen LogP) is 4.25. The first-order chi connectivity index (χ1) is 16.4. The van der Waals surface area contributed by atoms with Crippen LogP contribution in [0.2, 0.25) is 0 Å². The van der Waals surface area contributed by atoms with Crippen LogP contribution < -0.4 is 0 Å². The topological polar surface area (TPSA) is 72.9 Å². The fourth-order valence-electron chi connectivity index (χ4n) is 4.91. The van der Waals surface area contributed by atoms with E-state index >= 15 is 0 Å². The van der Waals surface area contributed by atoms with Crippen LogP contribution in [0.3, 0.4) is 0 Å². The first kappa shape index (κ1) is 23.2. The highest BCUT2D eigenvalue weighted by Gasteiger charge is 2.65. The molecule has 0 aromatic heterocycles. The molecule has 3 aromatic carbocycles. The van der Waals surface area contributed by atoms with Crippen LogP contribution in [0.4, 0.5) is 0 Å². The van der Waals surface area contributed by atoms with E-state index in [0.29, 0.717) is 11.1 Å². The van der Waals surface area contributed by atoms with Gasteiger partial charge in [0.15, 0.2) is 11.5 Å². The number of benzene rings is 3. The normalized spacial score (nSPS) is 18.6. The van der Waals surface area contributed by atoms with Gasteiger partial charge in [0.1, 0.15) is 6.04 Å². The van der Waals surface area contributed by atoms with Gasteiger partial charge in [-0.2, -0.15) is 0 Å². The molecule has 6 heteroatoms. The summed E-state index contributed by atoms with van der Waals surface area (Å²) >= 11 is 0. The van der Waals surface area contributed by atoms with Gasteiger partial charge in [0.25, 0.3) is 0 Å². The van der Waals surface area contributed by atoms with Gasteiger partial charge in [-0.3, -0.25) is 14.4 Å². The summed E-state index contributed by atoms with van der Waals surface area (Å²) < 4.78 is 11.2. The summed E-state index contributed by atoms with van der Waals surface area (Å²) in [6.45, 7) is 3.24. The Labute approximate surface area is 199 Å². The van der Waals surface area contributed by atoms with Crippen LogP contribution in [0.5, 0.6) is 0 Å². The Hall–Kier alpha value is -3.93. The third kappa shape index (κ3) is 3.85. The van der Waals surface area contributed by atoms with Crippen LogP contribution in [0.1, 0.15) is 36.6 Å². The number of ether oxygens (including phenoxy) is 2. The Morgan fingerprint density at radius 1 is 0.853 bits per heavy atom. The Morgan fingerprint density at radius 3 is 1.76 bits per heavy atom. The number of hydrogen-bond acceptors (Lipinski definition) is 5. The number of hydrogen-bond donors (Lipinski definition) is 0. The number of amides is 1. The van der Waals surface area contributed by atoms with Crippen molar-refractivity contribution in [2.45, 2.75) is 31.5 Å². The second kappa shape index (κ2) is 9.51. The fraction of sp³-hybridized carbons (Fsp3) is 0.250. The number of esters is 2. The first-order valence-electron chi connectivity index (χ1n) is 11.2. The molecule has 1 aliphatic rings. The molecule has 1 fully saturated rings. The zero-order valence-electron chi connectivity index (χ0n) is 19.4. The summed E-state index contributed by atoms with van der Waals surface area (Å²) in [5, 5.41) is 0. The molecule has 0 saturated carbocycles. The van der Waals surface area contributed by atoms with E-state index in [9.17, 15) is 14.4 Å². The van der Waals surface area contributed by atoms with Gasteiger partial charge < -0.3 is 14.4 Å². The van der Waals surface area contributed by atoms with Crippen molar-refractivity contribution in [2.75, 3.05) is 7.11 Å². The minimum absolute atomic E-state index is 0.364. The molecule has 3 atom stereocenters. The van der Waals surface area contributed by atoms with E-state index in [1.54, 1.807) is 4.90 Å². The molecular weight excluding hydrogens is 430 g/mol. The lowest BCUT2D eigenvalue weighted by Gasteiger charge is -2.56. The molecule has 3 aromatic rings. The van der Waals surface area contributed by atoms with Crippen molar-refractivity contribution in [1.29, 1.82) is 0 Å². The van der Waals surface area contributed by atoms with Gasteiger partial charge in [-0.15, -0.1) is 0 Å². The third-order valence-electron chi connectivity index (χ3n) is 6.42. The van der Waals surface area contributed by atoms with Gasteiger partial charge in [0, 0.05) is 18.1 Å². The minimum atomic E-state index is -1.43. The second-order valence-electron chi connectivity index (χ2n) is 8.34. The van der Waals surface area contributed by atoms with Crippen molar-refractivity contribution >= 4 is 17.8 Å². The summed E-state index contributed by atoms with van der Waals surface area (Å²) in [7, 11) is 1.26. The van der Waals surface area contributed by atoms with Crippen molar-refractivity contribution < 1.29 is 23.9 Å². The van der Waals surface area contributed by atoms with Gasteiger partial charge in [0.2, 0.25) is 5.91 Å². The molecule has 174 valence electrons. The lowest BCUT2D eigenvalue weighted by Crippen LogP contribution is -2.72. The van der Waals surface area contributed by atoms with Gasteiger partial charge in [-0.1, -0.05) is 91.0 Å². The third-order valence-corrected chi connectivity index (χ3v) is 6.42. The summed E-state index contributed by atoms with van der Waals surface area (Å²) in [6, 6.07) is 26.8. The highest BCUT2D eigenvalue weighted by atomic mass is 16.6. The van der Waals surface area contributed by atoms with E-state index in [1.807, 2.05) is 97.9 Å². The van der Waals surface area contributed by atoms with Crippen LogP contribution in [0, 0.1) is 5.92 Å². The number of β-lactam (4-membered cyclic amide) rings is 1. The molecule has 0 N–H and O–H groups in total. The molecule has 34 heavy (non-hydrogen) atoms. The van der Waals surface area contributed by atoms with Gasteiger partial charge in [-0.05, 0) is 12.5 Å². The largest absolute Gasteiger partial charge is 0.468 e. The van der Waals surface area contributed by atoms with Crippen molar-refractivity contribution in [1.82, 2.24) is 4.90 Å². The van der Waals surface area contributed by atoms with Gasteiger partial charge in [-0.25, -0.2) is 0 Å². The Morgan fingerprint density at radius 2 is 1.32 bits per heavy atom. The predicted molar refractivity (Wildman–Crippen MR) is 126 cm³/mol. The molecule has 1 aliphatic heterocycles. The number of methoxy groups -OCH3 is 1. The zero-order valence-corrected chi connectivity index (χ0v) is 19.4. The molecule has 0 spiro atoms. The van der Waals surface area contributed by atoms with E-state index in [-0.39, 0.29) is 11.9 Å². The number of nitrogens with zero attached hydrogens (tertiary/aromatic N) is 1. The fourth-order valence-corrected chi connectivity index (χ4v) is 4.91. The van der Waals surface area contributed by atoms with Crippen LogP contribution >= 0.6 is 0 Å². The van der Waals surface area contributed by atoms with Crippen molar-refractivity contribution in [3.05, 3.63) is 108 Å². The molecule has 0 aliphatic carbocycles. The standard InChI is InChI=1S/C28H27NO5/c1-19(21-13-7-4-8-14-21)29-25(24(26(29)31)27(32)33-3)28(34-20(2)30,22-15-9-5-10-16-22)23-17-11-6-12-18-23/h4-19,24-25H,1-3H3/t19-,24-,25+/m1/s1. The molecule has 6 nitrogen and oxygen atoms in total. The monoisotopic (exact) mass is 457 g/mol. The molecule has 0 radical (unpaired) electrons. The molecule has 0 unspecified atom stereocenters. The average Bonchev–Trinajstić information content (AvgIpc) is 2.87. The van der Waals surface area contributed by atoms with Crippen LogP contribution in [-0.4, -0.2) is 35.9 Å². The summed E-state index contributed by atoms with van der Waals surface area (Å²) in [5.74, 6) is -2.68. The molecule has 0 bridgehead atoms. The summed E-state index contributed by atoms with van der Waals surface area (Å²) in [4.78, 5) is 40.6. The van der Waals surface area contributed by atoms with Crippen LogP contribution in [0.25, 0.3) is 0 Å². The number of carbonyl (C=O) groups excluding carboxylic acids is 3. The molecule has 4 rings (SSSR count). The minimum Gasteiger partial charge on any atom is -0.468 e. The van der Waals surface area contributed by atoms with Gasteiger partial charge in [0.05, 0.1) is 13.2 Å². The summed E-state index contributed by atoms with van der Waals surface area (Å²) in [6.07, 6.45) is 0. The Bertz CT molecular complexity index is 1120.